The highest BCUT2D eigenvalue weighted by molar-refractivity contribution is 6.81. The standard InChI is InChI=1S/C53H63NO12Si/c1-10-67(11-2,12-3)39-28-38-52(30-61-38,66-33(6)56)44-46(65-48(58)36-26-20-15-21-27-36)53(60)29-37(31(4)40(50(53,7)8)42(62-32(5)55)45(57)51(39,44)9)63-49(59)43-41(34-22-16-13-17-23-34)54-47(64-43)35-24-18-14-19-25-35/h13-27,37-39,41-44,46,60H,10-12,28-30H2,1-9H3/t37-,38+,39-,41-,42+,43+,44-,46-,51+,52-,53+/m0/s1. The molecule has 5 aliphatic rings. The van der Waals surface area contributed by atoms with E-state index in [0.717, 1.165) is 18.1 Å². The van der Waals surface area contributed by atoms with Crippen LogP contribution in [0.3, 0.4) is 0 Å². The van der Waals surface area contributed by atoms with Crippen molar-refractivity contribution in [3.05, 3.63) is 119 Å². The van der Waals surface area contributed by atoms with Crippen molar-refractivity contribution in [2.24, 2.45) is 21.7 Å². The molecule has 1 N–H and O–H groups in total. The Morgan fingerprint density at radius 2 is 1.42 bits per heavy atom. The van der Waals surface area contributed by atoms with E-state index in [1.54, 1.807) is 51.1 Å². The zero-order valence-corrected chi connectivity index (χ0v) is 40.9. The lowest BCUT2D eigenvalue weighted by molar-refractivity contribution is -0.332. The predicted molar refractivity (Wildman–Crippen MR) is 251 cm³/mol. The minimum atomic E-state index is -2.53. The van der Waals surface area contributed by atoms with Crippen molar-refractivity contribution in [2.75, 3.05) is 6.61 Å². The summed E-state index contributed by atoms with van der Waals surface area (Å²) in [7, 11) is -2.53. The Balaban J connectivity index is 1.35. The second kappa shape index (κ2) is 17.9. The number of aliphatic imine (C=N–C) groups is 1. The minimum Gasteiger partial charge on any atom is -0.459 e. The Hall–Kier alpha value is -5.44. The molecule has 0 amide bonds. The van der Waals surface area contributed by atoms with Gasteiger partial charge in [-0.2, -0.15) is 0 Å². The first kappa shape index (κ1) is 48.0. The fourth-order valence-electron chi connectivity index (χ4n) is 12.8. The molecule has 3 aromatic carbocycles. The van der Waals surface area contributed by atoms with E-state index in [-0.39, 0.29) is 35.6 Å². The molecule has 2 bridgehead atoms. The molecule has 13 nitrogen and oxygen atoms in total. The van der Waals surface area contributed by atoms with Gasteiger partial charge in [-0.05, 0) is 59.9 Å². The maximum Gasteiger partial charge on any atom is 0.350 e. The summed E-state index contributed by atoms with van der Waals surface area (Å²) >= 11 is 0. The van der Waals surface area contributed by atoms with Crippen LogP contribution in [0.2, 0.25) is 23.7 Å². The third-order valence-corrected chi connectivity index (χ3v) is 23.1. The summed E-state index contributed by atoms with van der Waals surface area (Å²) in [5.41, 5.74) is -5.03. The van der Waals surface area contributed by atoms with Crippen molar-refractivity contribution in [3.63, 3.8) is 0 Å². The number of ketones is 1. The van der Waals surface area contributed by atoms with Gasteiger partial charge in [-0.3, -0.25) is 14.4 Å². The van der Waals surface area contributed by atoms with Crippen LogP contribution in [-0.4, -0.2) is 97.1 Å². The molecule has 1 saturated heterocycles. The number of hydrogen-bond acceptors (Lipinski definition) is 13. The molecule has 3 aliphatic carbocycles. The first-order valence-corrected chi connectivity index (χ1v) is 26.3. The molecule has 8 rings (SSSR count). The average molecular weight is 934 g/mol. The number of rotatable bonds is 12. The molecular weight excluding hydrogens is 871 g/mol. The van der Waals surface area contributed by atoms with E-state index in [9.17, 15) is 24.3 Å². The van der Waals surface area contributed by atoms with E-state index in [0.29, 0.717) is 23.1 Å². The Labute approximate surface area is 393 Å². The van der Waals surface area contributed by atoms with Crippen molar-refractivity contribution in [3.8, 4) is 0 Å². The zero-order chi connectivity index (χ0) is 48.3. The summed E-state index contributed by atoms with van der Waals surface area (Å²) < 4.78 is 38.8. The molecule has 67 heavy (non-hydrogen) atoms. The van der Waals surface area contributed by atoms with Gasteiger partial charge >= 0.3 is 23.9 Å². The fraction of sp³-hybridized carbons (Fsp3) is 0.509. The topological polar surface area (TPSA) is 173 Å². The lowest BCUT2D eigenvalue weighted by atomic mass is 9.45. The van der Waals surface area contributed by atoms with Gasteiger partial charge in [0.2, 0.25) is 12.0 Å². The zero-order valence-electron chi connectivity index (χ0n) is 39.9. The second-order valence-corrected chi connectivity index (χ2v) is 25.4. The number of fused-ring (bicyclic) bond motifs is 5. The monoisotopic (exact) mass is 933 g/mol. The number of aliphatic hydroxyl groups is 1. The third-order valence-electron chi connectivity index (χ3n) is 16.5. The van der Waals surface area contributed by atoms with Crippen LogP contribution in [0.15, 0.2) is 107 Å². The van der Waals surface area contributed by atoms with Crippen LogP contribution < -0.4 is 0 Å². The van der Waals surface area contributed by atoms with Crippen molar-refractivity contribution in [1.82, 2.24) is 0 Å². The molecule has 2 aliphatic heterocycles. The molecule has 2 saturated carbocycles. The Kier molecular flexibility index (Phi) is 12.8. The lowest BCUT2D eigenvalue weighted by Crippen LogP contribution is -2.81. The molecule has 3 fully saturated rings. The quantitative estimate of drug-likeness (QED) is 0.0798. The number of ether oxygens (including phenoxy) is 6. The third kappa shape index (κ3) is 7.67. The van der Waals surface area contributed by atoms with Gasteiger partial charge in [0.05, 0.1) is 26.2 Å². The average Bonchev–Trinajstić information content (AvgIpc) is 3.77. The summed E-state index contributed by atoms with van der Waals surface area (Å²) in [5.74, 6) is -4.41. The summed E-state index contributed by atoms with van der Waals surface area (Å²) in [6, 6.07) is 28.4. The van der Waals surface area contributed by atoms with Crippen molar-refractivity contribution >= 4 is 43.6 Å². The smallest absolute Gasteiger partial charge is 0.350 e. The molecule has 0 unspecified atom stereocenters. The van der Waals surface area contributed by atoms with E-state index in [1.807, 2.05) is 67.6 Å². The van der Waals surface area contributed by atoms with E-state index in [2.05, 4.69) is 20.8 Å². The molecule has 14 heteroatoms. The largest absolute Gasteiger partial charge is 0.459 e. The van der Waals surface area contributed by atoms with Gasteiger partial charge < -0.3 is 33.5 Å². The highest BCUT2D eigenvalue weighted by Gasteiger charge is 2.79. The van der Waals surface area contributed by atoms with Gasteiger partial charge in [0, 0.05) is 36.7 Å². The number of carbonyl (C=O) groups is 5. The van der Waals surface area contributed by atoms with Gasteiger partial charge in [0.1, 0.15) is 30.0 Å². The minimum absolute atomic E-state index is 0.145. The Morgan fingerprint density at radius 3 is 1.97 bits per heavy atom. The number of carbonyl (C=O) groups excluding carboxylic acids is 5. The van der Waals surface area contributed by atoms with Crippen LogP contribution in [0.25, 0.3) is 0 Å². The summed E-state index contributed by atoms with van der Waals surface area (Å²) in [5, 5.41) is 14.2. The Morgan fingerprint density at radius 1 is 0.821 bits per heavy atom. The molecule has 11 atom stereocenters. The van der Waals surface area contributed by atoms with Gasteiger partial charge in [-0.25, -0.2) is 14.6 Å². The van der Waals surface area contributed by atoms with Crippen LogP contribution >= 0.6 is 0 Å². The number of esters is 4. The molecule has 3 aromatic rings. The maximum atomic E-state index is 16.5. The molecule has 356 valence electrons. The van der Waals surface area contributed by atoms with Crippen molar-refractivity contribution in [2.45, 2.75) is 147 Å². The number of hydrogen-bond donors (Lipinski definition) is 1. The fourth-order valence-corrected chi connectivity index (χ4v) is 18.1. The SMILES string of the molecule is CC[Si](CC)(CC)[C@H]1C[C@H]2OC[C@@]2(OC(C)=O)[C@H]2[C@H](OC(=O)c3ccccc3)[C@]3(O)C[C@H](OC(=O)[C@@H]4OC(c5ccccc5)=N[C@H]4c4ccccc4)C(C)=C([C@@H](OC(C)=O)C(=O)[C@@]21C)C3(C)C. The maximum absolute atomic E-state index is 16.5. The summed E-state index contributed by atoms with van der Waals surface area (Å²) in [6.45, 7) is 15.8. The highest BCUT2D eigenvalue weighted by Crippen LogP contribution is 2.69. The summed E-state index contributed by atoms with van der Waals surface area (Å²) in [6.07, 6.45) is -6.41. The molecule has 2 heterocycles. The molecule has 0 spiro atoms. The number of benzene rings is 3. The highest BCUT2D eigenvalue weighted by atomic mass is 28.3. The van der Waals surface area contributed by atoms with Crippen LogP contribution in [0.1, 0.15) is 103 Å². The first-order chi connectivity index (χ1) is 31.8. The van der Waals surface area contributed by atoms with Gasteiger partial charge in [0.25, 0.3) is 0 Å². The van der Waals surface area contributed by atoms with Crippen LogP contribution in [0.5, 0.6) is 0 Å². The molecule has 0 radical (unpaired) electrons. The normalized spacial score (nSPS) is 33.0. The molecule has 0 aromatic heterocycles. The van der Waals surface area contributed by atoms with Crippen molar-refractivity contribution in [1.29, 1.82) is 0 Å². The Bertz CT molecular complexity index is 2460. The lowest BCUT2D eigenvalue weighted by Gasteiger charge is -2.70. The van der Waals surface area contributed by atoms with E-state index < -0.39 is 102 Å². The van der Waals surface area contributed by atoms with E-state index >= 15 is 4.79 Å². The van der Waals surface area contributed by atoms with Crippen LogP contribution in [0.4, 0.5) is 0 Å². The second-order valence-electron chi connectivity index (χ2n) is 19.8. The number of nitrogens with zero attached hydrogens (tertiary/aromatic N) is 1. The van der Waals surface area contributed by atoms with Gasteiger partial charge in [-0.1, -0.05) is 126 Å². The van der Waals surface area contributed by atoms with Crippen LogP contribution in [-0.2, 0) is 47.6 Å². The van der Waals surface area contributed by atoms with Crippen LogP contribution in [0, 0.1) is 16.7 Å². The predicted octanol–water partition coefficient (Wildman–Crippen LogP) is 8.31. The van der Waals surface area contributed by atoms with Gasteiger partial charge in [0.15, 0.2) is 17.5 Å². The summed E-state index contributed by atoms with van der Waals surface area (Å²) in [4.78, 5) is 77.9. The van der Waals surface area contributed by atoms with Crippen molar-refractivity contribution < 1.29 is 57.5 Å². The first-order valence-electron chi connectivity index (χ1n) is 23.6. The molecular formula is C53H63NO12Si. The van der Waals surface area contributed by atoms with E-state index in [4.69, 9.17) is 33.4 Å². The van der Waals surface area contributed by atoms with E-state index in [1.165, 1.54) is 13.8 Å². The number of Topliss-reactive ketones (excluding diaryl/α,β-unsaturated/α-hetero) is 1. The van der Waals surface area contributed by atoms with Gasteiger partial charge in [-0.15, -0.1) is 0 Å².